The van der Waals surface area contributed by atoms with Crippen molar-refractivity contribution in [2.24, 2.45) is 0 Å². The Morgan fingerprint density at radius 1 is 0.857 bits per heavy atom. The highest BCUT2D eigenvalue weighted by Crippen LogP contribution is 2.14. The van der Waals surface area contributed by atoms with E-state index in [0.717, 1.165) is 11.3 Å². The number of benzene rings is 3. The van der Waals surface area contributed by atoms with Gasteiger partial charge in [-0.05, 0) is 54.1 Å². The van der Waals surface area contributed by atoms with Crippen LogP contribution in [-0.2, 0) is 16.1 Å². The molecule has 0 aliphatic heterocycles. The van der Waals surface area contributed by atoms with Crippen LogP contribution >= 0.6 is 11.6 Å². The molecule has 5 nitrogen and oxygen atoms in total. The number of halogens is 1. The molecular formula is C22H18ClNO4. The van der Waals surface area contributed by atoms with Gasteiger partial charge in [0, 0.05) is 10.7 Å². The van der Waals surface area contributed by atoms with E-state index in [4.69, 9.17) is 21.1 Å². The maximum absolute atomic E-state index is 12.1. The number of hydrogen-bond donors (Lipinski definition) is 1. The molecule has 0 saturated carbocycles. The summed E-state index contributed by atoms with van der Waals surface area (Å²) in [6, 6.07) is 23.0. The summed E-state index contributed by atoms with van der Waals surface area (Å²) in [5, 5.41) is 3.20. The van der Waals surface area contributed by atoms with Gasteiger partial charge in [-0.1, -0.05) is 41.9 Å². The van der Waals surface area contributed by atoms with E-state index in [1.54, 1.807) is 48.5 Å². The van der Waals surface area contributed by atoms with Crippen LogP contribution in [0.25, 0.3) is 0 Å². The molecule has 0 aliphatic rings. The largest absolute Gasteiger partial charge is 0.489 e. The van der Waals surface area contributed by atoms with Gasteiger partial charge < -0.3 is 14.8 Å². The van der Waals surface area contributed by atoms with Crippen LogP contribution in [0.2, 0.25) is 5.02 Å². The first-order valence-corrected chi connectivity index (χ1v) is 8.97. The highest BCUT2D eigenvalue weighted by molar-refractivity contribution is 6.30. The molecule has 142 valence electrons. The van der Waals surface area contributed by atoms with E-state index in [9.17, 15) is 9.59 Å². The Labute approximate surface area is 167 Å². The van der Waals surface area contributed by atoms with Crippen LogP contribution in [0, 0.1) is 0 Å². The second-order valence-electron chi connectivity index (χ2n) is 5.93. The Bertz CT molecular complexity index is 925. The maximum atomic E-state index is 12.1. The van der Waals surface area contributed by atoms with Crippen molar-refractivity contribution in [3.63, 3.8) is 0 Å². The molecule has 0 unspecified atom stereocenters. The molecule has 1 amide bonds. The van der Waals surface area contributed by atoms with Gasteiger partial charge in [-0.15, -0.1) is 0 Å². The molecule has 0 aliphatic carbocycles. The number of esters is 1. The van der Waals surface area contributed by atoms with Crippen LogP contribution in [0.5, 0.6) is 5.75 Å². The number of ether oxygens (including phenoxy) is 2. The van der Waals surface area contributed by atoms with Crippen molar-refractivity contribution in [2.45, 2.75) is 6.61 Å². The number of anilines is 1. The molecule has 3 aromatic carbocycles. The van der Waals surface area contributed by atoms with E-state index in [1.165, 1.54) is 0 Å². The van der Waals surface area contributed by atoms with Crippen molar-refractivity contribution in [1.29, 1.82) is 0 Å². The average molecular weight is 396 g/mol. The van der Waals surface area contributed by atoms with Gasteiger partial charge in [-0.2, -0.15) is 0 Å². The Morgan fingerprint density at radius 2 is 1.54 bits per heavy atom. The van der Waals surface area contributed by atoms with Gasteiger partial charge in [0.1, 0.15) is 12.4 Å². The molecule has 0 radical (unpaired) electrons. The standard InChI is InChI=1S/C22H18ClNO4/c23-18-10-12-19(13-11-18)24-21(25)15-28-22(26)17-8-6-16(7-9-17)14-27-20-4-2-1-3-5-20/h1-13H,14-15H2,(H,24,25). The fraction of sp³-hybridized carbons (Fsp3) is 0.0909. The summed E-state index contributed by atoms with van der Waals surface area (Å²) in [6.07, 6.45) is 0. The first-order chi connectivity index (χ1) is 13.6. The fourth-order valence-electron chi connectivity index (χ4n) is 2.37. The van der Waals surface area contributed by atoms with Crippen LogP contribution in [0.4, 0.5) is 5.69 Å². The zero-order chi connectivity index (χ0) is 19.8. The summed E-state index contributed by atoms with van der Waals surface area (Å²) in [6.45, 7) is 0.0170. The minimum atomic E-state index is -0.568. The van der Waals surface area contributed by atoms with E-state index < -0.39 is 11.9 Å². The van der Waals surface area contributed by atoms with E-state index in [1.807, 2.05) is 30.3 Å². The smallest absolute Gasteiger partial charge is 0.338 e. The Hall–Kier alpha value is -3.31. The van der Waals surface area contributed by atoms with Crippen LogP contribution in [0.1, 0.15) is 15.9 Å². The molecule has 0 saturated heterocycles. The van der Waals surface area contributed by atoms with Gasteiger partial charge in [0.05, 0.1) is 5.56 Å². The maximum Gasteiger partial charge on any atom is 0.338 e. The predicted octanol–water partition coefficient (Wildman–Crippen LogP) is 4.71. The first-order valence-electron chi connectivity index (χ1n) is 8.59. The highest BCUT2D eigenvalue weighted by atomic mass is 35.5. The lowest BCUT2D eigenvalue weighted by Crippen LogP contribution is -2.20. The number of amides is 1. The molecule has 0 spiro atoms. The number of carbonyl (C=O) groups is 2. The molecular weight excluding hydrogens is 378 g/mol. The van der Waals surface area contributed by atoms with Gasteiger partial charge in [0.2, 0.25) is 0 Å². The van der Waals surface area contributed by atoms with Gasteiger partial charge in [0.25, 0.3) is 5.91 Å². The molecule has 0 bridgehead atoms. The summed E-state index contributed by atoms with van der Waals surface area (Å²) in [4.78, 5) is 24.0. The lowest BCUT2D eigenvalue weighted by Gasteiger charge is -2.08. The topological polar surface area (TPSA) is 64.6 Å². The third-order valence-corrected chi connectivity index (χ3v) is 4.05. The number of hydrogen-bond acceptors (Lipinski definition) is 4. The molecule has 28 heavy (non-hydrogen) atoms. The summed E-state index contributed by atoms with van der Waals surface area (Å²) in [7, 11) is 0. The Kier molecular flexibility index (Phi) is 6.65. The lowest BCUT2D eigenvalue weighted by molar-refractivity contribution is -0.119. The van der Waals surface area contributed by atoms with Crippen molar-refractivity contribution in [3.05, 3.63) is 95.0 Å². The SMILES string of the molecule is O=C(COC(=O)c1ccc(COc2ccccc2)cc1)Nc1ccc(Cl)cc1. The number of nitrogens with one attached hydrogen (secondary N) is 1. The van der Waals surface area contributed by atoms with Crippen molar-refractivity contribution in [3.8, 4) is 5.75 Å². The van der Waals surface area contributed by atoms with E-state index in [0.29, 0.717) is 22.9 Å². The predicted molar refractivity (Wildman–Crippen MR) is 108 cm³/mol. The molecule has 0 aromatic heterocycles. The van der Waals surface area contributed by atoms with Gasteiger partial charge in [0.15, 0.2) is 6.61 Å². The second kappa shape index (κ2) is 9.58. The minimum Gasteiger partial charge on any atom is -0.489 e. The summed E-state index contributed by atoms with van der Waals surface area (Å²) in [5.74, 6) is -0.219. The second-order valence-corrected chi connectivity index (χ2v) is 6.37. The number of rotatable bonds is 7. The lowest BCUT2D eigenvalue weighted by atomic mass is 10.1. The number of carbonyl (C=O) groups excluding carboxylic acids is 2. The van der Waals surface area contributed by atoms with Crippen LogP contribution in [-0.4, -0.2) is 18.5 Å². The summed E-state index contributed by atoms with van der Waals surface area (Å²) < 4.78 is 10.7. The van der Waals surface area contributed by atoms with Crippen LogP contribution in [0.3, 0.4) is 0 Å². The zero-order valence-corrected chi connectivity index (χ0v) is 15.7. The minimum absolute atomic E-state index is 0.364. The molecule has 3 rings (SSSR count). The molecule has 0 fully saturated rings. The van der Waals surface area contributed by atoms with Gasteiger partial charge in [-0.25, -0.2) is 4.79 Å². The van der Waals surface area contributed by atoms with Crippen LogP contribution in [0.15, 0.2) is 78.9 Å². The van der Waals surface area contributed by atoms with E-state index in [2.05, 4.69) is 5.32 Å². The van der Waals surface area contributed by atoms with Crippen molar-refractivity contribution in [2.75, 3.05) is 11.9 Å². The average Bonchev–Trinajstić information content (AvgIpc) is 2.73. The Balaban J connectivity index is 1.46. The third-order valence-electron chi connectivity index (χ3n) is 3.80. The molecule has 0 heterocycles. The highest BCUT2D eigenvalue weighted by Gasteiger charge is 2.10. The molecule has 1 N–H and O–H groups in total. The monoisotopic (exact) mass is 395 g/mol. The molecule has 0 atom stereocenters. The van der Waals surface area contributed by atoms with Crippen LogP contribution < -0.4 is 10.1 Å². The quantitative estimate of drug-likeness (QED) is 0.588. The third kappa shape index (κ3) is 5.86. The zero-order valence-electron chi connectivity index (χ0n) is 14.9. The normalized spacial score (nSPS) is 10.2. The summed E-state index contributed by atoms with van der Waals surface area (Å²) in [5.41, 5.74) is 1.86. The van der Waals surface area contributed by atoms with Crippen molar-refractivity contribution in [1.82, 2.24) is 0 Å². The first kappa shape index (κ1) is 19.5. The molecule has 6 heteroatoms. The van der Waals surface area contributed by atoms with Crippen molar-refractivity contribution >= 4 is 29.2 Å². The molecule has 3 aromatic rings. The van der Waals surface area contributed by atoms with Crippen molar-refractivity contribution < 1.29 is 19.1 Å². The summed E-state index contributed by atoms with van der Waals surface area (Å²) >= 11 is 5.79. The van der Waals surface area contributed by atoms with Gasteiger partial charge >= 0.3 is 5.97 Å². The number of para-hydroxylation sites is 1. The van der Waals surface area contributed by atoms with E-state index in [-0.39, 0.29) is 6.61 Å². The fourth-order valence-corrected chi connectivity index (χ4v) is 2.49. The van der Waals surface area contributed by atoms with E-state index >= 15 is 0 Å². The van der Waals surface area contributed by atoms with Gasteiger partial charge in [-0.3, -0.25) is 4.79 Å². The Morgan fingerprint density at radius 3 is 2.21 bits per heavy atom.